The van der Waals surface area contributed by atoms with Crippen molar-refractivity contribution < 1.29 is 14.3 Å². The molecule has 0 aliphatic carbocycles. The Morgan fingerprint density at radius 2 is 2.00 bits per heavy atom. The number of esters is 1. The molecule has 0 bridgehead atoms. The van der Waals surface area contributed by atoms with Crippen molar-refractivity contribution >= 4 is 14.8 Å². The van der Waals surface area contributed by atoms with E-state index in [1.165, 1.54) is 0 Å². The average molecular weight is 264 g/mol. The highest BCUT2D eigenvalue weighted by Crippen LogP contribution is 2.16. The van der Waals surface area contributed by atoms with Crippen LogP contribution in [0.3, 0.4) is 0 Å². The number of ether oxygens (including phenoxy) is 2. The fourth-order valence-electron chi connectivity index (χ4n) is 1.50. The van der Waals surface area contributed by atoms with Gasteiger partial charge in [-0.05, 0) is 31.2 Å². The summed E-state index contributed by atoms with van der Waals surface area (Å²) >= 11 is 0. The molecule has 0 saturated heterocycles. The first-order valence-electron chi connectivity index (χ1n) is 6.14. The standard InChI is InChI=1S/C14H20O3Si/c1-5-13(18(3)4)17-12-9-7-11(8-10-12)14(15)16-6-2/h5,7-10,13,18H,1,6H2,2-4H3. The zero-order chi connectivity index (χ0) is 13.5. The quantitative estimate of drug-likeness (QED) is 0.450. The van der Waals surface area contributed by atoms with Gasteiger partial charge in [-0.2, -0.15) is 0 Å². The van der Waals surface area contributed by atoms with E-state index in [1.54, 1.807) is 31.2 Å². The van der Waals surface area contributed by atoms with E-state index in [1.807, 2.05) is 6.08 Å². The Hall–Kier alpha value is -1.55. The van der Waals surface area contributed by atoms with Gasteiger partial charge in [-0.1, -0.05) is 25.7 Å². The summed E-state index contributed by atoms with van der Waals surface area (Å²) in [7, 11) is -0.930. The van der Waals surface area contributed by atoms with Crippen molar-refractivity contribution in [2.45, 2.75) is 25.7 Å². The lowest BCUT2D eigenvalue weighted by Gasteiger charge is -2.18. The second-order valence-electron chi connectivity index (χ2n) is 4.31. The predicted octanol–water partition coefficient (Wildman–Crippen LogP) is 2.82. The van der Waals surface area contributed by atoms with Crippen LogP contribution in [-0.2, 0) is 4.74 Å². The molecule has 0 fully saturated rings. The molecule has 0 amide bonds. The van der Waals surface area contributed by atoms with E-state index in [0.717, 1.165) is 5.75 Å². The number of carbonyl (C=O) groups excluding carboxylic acids is 1. The highest BCUT2D eigenvalue weighted by molar-refractivity contribution is 6.57. The summed E-state index contributed by atoms with van der Waals surface area (Å²) < 4.78 is 10.7. The van der Waals surface area contributed by atoms with Crippen LogP contribution in [0.5, 0.6) is 5.75 Å². The van der Waals surface area contributed by atoms with E-state index in [9.17, 15) is 4.79 Å². The van der Waals surface area contributed by atoms with E-state index in [0.29, 0.717) is 12.2 Å². The van der Waals surface area contributed by atoms with Crippen molar-refractivity contribution in [1.82, 2.24) is 0 Å². The molecule has 18 heavy (non-hydrogen) atoms. The first kappa shape index (κ1) is 14.5. The summed E-state index contributed by atoms with van der Waals surface area (Å²) in [5.41, 5.74) is 0.652. The van der Waals surface area contributed by atoms with Gasteiger partial charge in [0.25, 0.3) is 0 Å². The third kappa shape index (κ3) is 4.03. The van der Waals surface area contributed by atoms with Crippen LogP contribution in [0.1, 0.15) is 17.3 Å². The van der Waals surface area contributed by atoms with Crippen molar-refractivity contribution in [3.63, 3.8) is 0 Å². The third-order valence-corrected chi connectivity index (χ3v) is 4.25. The van der Waals surface area contributed by atoms with Gasteiger partial charge in [-0.3, -0.25) is 0 Å². The van der Waals surface area contributed by atoms with Gasteiger partial charge in [0.15, 0.2) is 0 Å². The van der Waals surface area contributed by atoms with Crippen molar-refractivity contribution in [3.8, 4) is 5.75 Å². The maximum absolute atomic E-state index is 11.5. The largest absolute Gasteiger partial charge is 0.491 e. The Morgan fingerprint density at radius 1 is 1.39 bits per heavy atom. The SMILES string of the molecule is C=CC(Oc1ccc(C(=O)OCC)cc1)[SiH](C)C. The van der Waals surface area contributed by atoms with Gasteiger partial charge >= 0.3 is 5.97 Å². The molecule has 0 spiro atoms. The molecule has 1 unspecified atom stereocenters. The predicted molar refractivity (Wildman–Crippen MR) is 75.9 cm³/mol. The molecule has 0 heterocycles. The van der Waals surface area contributed by atoms with Crippen molar-refractivity contribution in [2.75, 3.05) is 6.61 Å². The van der Waals surface area contributed by atoms with Gasteiger partial charge < -0.3 is 9.47 Å². The average Bonchev–Trinajstić information content (AvgIpc) is 2.36. The first-order chi connectivity index (χ1) is 8.58. The molecule has 3 nitrogen and oxygen atoms in total. The van der Waals surface area contributed by atoms with Crippen molar-refractivity contribution in [1.29, 1.82) is 0 Å². The Bertz CT molecular complexity index is 398. The summed E-state index contributed by atoms with van der Waals surface area (Å²) in [6.45, 7) is 10.4. The normalized spacial score (nSPS) is 12.0. The van der Waals surface area contributed by atoms with E-state index < -0.39 is 8.80 Å². The van der Waals surface area contributed by atoms with Crippen LogP contribution in [0, 0.1) is 0 Å². The number of hydrogen-bond acceptors (Lipinski definition) is 3. The minimum atomic E-state index is -0.930. The molecule has 98 valence electrons. The van der Waals surface area contributed by atoms with E-state index in [-0.39, 0.29) is 11.7 Å². The lowest BCUT2D eigenvalue weighted by Crippen LogP contribution is -2.28. The summed E-state index contributed by atoms with van der Waals surface area (Å²) in [6, 6.07) is 7.02. The number of rotatable bonds is 6. The Morgan fingerprint density at radius 3 is 2.44 bits per heavy atom. The smallest absolute Gasteiger partial charge is 0.338 e. The van der Waals surface area contributed by atoms with Crippen LogP contribution in [0.4, 0.5) is 0 Å². The molecule has 1 rings (SSSR count). The van der Waals surface area contributed by atoms with Crippen LogP contribution in [0.25, 0.3) is 0 Å². The van der Waals surface area contributed by atoms with E-state index in [4.69, 9.17) is 9.47 Å². The summed E-state index contributed by atoms with van der Waals surface area (Å²) in [4.78, 5) is 11.5. The fourth-order valence-corrected chi connectivity index (χ4v) is 2.47. The Kier molecular flexibility index (Phi) is 5.65. The molecule has 0 saturated carbocycles. The molecule has 0 aromatic heterocycles. The van der Waals surface area contributed by atoms with Gasteiger partial charge in [-0.25, -0.2) is 4.79 Å². The number of carbonyl (C=O) groups is 1. The molecular weight excluding hydrogens is 244 g/mol. The van der Waals surface area contributed by atoms with Crippen LogP contribution < -0.4 is 4.74 Å². The highest BCUT2D eigenvalue weighted by Gasteiger charge is 2.12. The summed E-state index contributed by atoms with van der Waals surface area (Å²) in [5.74, 6) is 0.455. The second kappa shape index (κ2) is 7.01. The molecule has 4 heteroatoms. The minimum absolute atomic E-state index is 0.110. The molecule has 0 aliphatic heterocycles. The van der Waals surface area contributed by atoms with E-state index >= 15 is 0 Å². The zero-order valence-corrected chi connectivity index (χ0v) is 12.3. The maximum Gasteiger partial charge on any atom is 0.338 e. The maximum atomic E-state index is 11.5. The number of hydrogen-bond donors (Lipinski definition) is 0. The lowest BCUT2D eigenvalue weighted by molar-refractivity contribution is 0.0526. The first-order valence-corrected chi connectivity index (χ1v) is 9.12. The summed E-state index contributed by atoms with van der Waals surface area (Å²) in [5, 5.41) is 0. The van der Waals surface area contributed by atoms with Crippen LogP contribution in [0.2, 0.25) is 13.1 Å². The molecule has 0 radical (unpaired) electrons. The molecule has 0 N–H and O–H groups in total. The van der Waals surface area contributed by atoms with Gasteiger partial charge in [0.1, 0.15) is 11.5 Å². The molecule has 1 atom stereocenters. The summed E-state index contributed by atoms with van der Waals surface area (Å²) in [6.07, 6.45) is 1.84. The van der Waals surface area contributed by atoms with Gasteiger partial charge in [-0.15, -0.1) is 0 Å². The third-order valence-electron chi connectivity index (χ3n) is 2.53. The van der Waals surface area contributed by atoms with Crippen molar-refractivity contribution in [3.05, 3.63) is 42.5 Å². The van der Waals surface area contributed by atoms with Crippen LogP contribution >= 0.6 is 0 Å². The van der Waals surface area contributed by atoms with E-state index in [2.05, 4.69) is 19.7 Å². The Labute approximate surface area is 110 Å². The molecule has 1 aromatic carbocycles. The molecule has 1 aromatic rings. The monoisotopic (exact) mass is 264 g/mol. The van der Waals surface area contributed by atoms with Crippen LogP contribution in [-0.4, -0.2) is 27.1 Å². The second-order valence-corrected chi connectivity index (χ2v) is 7.45. The topological polar surface area (TPSA) is 35.5 Å². The Balaban J connectivity index is 2.71. The fraction of sp³-hybridized carbons (Fsp3) is 0.357. The van der Waals surface area contributed by atoms with Crippen LogP contribution in [0.15, 0.2) is 36.9 Å². The van der Waals surface area contributed by atoms with Gasteiger partial charge in [0.05, 0.1) is 21.0 Å². The molecular formula is C14H20O3Si. The molecule has 0 aliphatic rings. The zero-order valence-electron chi connectivity index (χ0n) is 11.2. The minimum Gasteiger partial charge on any atom is -0.491 e. The van der Waals surface area contributed by atoms with Gasteiger partial charge in [0.2, 0.25) is 0 Å². The highest BCUT2D eigenvalue weighted by atomic mass is 28.3. The number of benzene rings is 1. The lowest BCUT2D eigenvalue weighted by atomic mass is 10.2. The van der Waals surface area contributed by atoms with Gasteiger partial charge in [0, 0.05) is 0 Å². The van der Waals surface area contributed by atoms with Crippen molar-refractivity contribution in [2.24, 2.45) is 0 Å².